The molecule has 3 N–H and O–H groups in total. The standard InChI is InChI=1S/C12H27N.BrH.Na/c1-2-3-4-5-6-7-8-9-10-11-12-13;;/h2-13H2,1H3;1H;. The molecule has 0 aliphatic heterocycles. The van der Waals surface area contributed by atoms with Gasteiger partial charge in [-0.05, 0) is 12.8 Å². The molecule has 15 heavy (non-hydrogen) atoms. The van der Waals surface area contributed by atoms with Gasteiger partial charge >= 0.3 is 0 Å². The average Bonchev–Trinajstić information content (AvgIpc) is 2.16. The van der Waals surface area contributed by atoms with E-state index in [9.17, 15) is 0 Å². The van der Waals surface area contributed by atoms with Gasteiger partial charge in [-0.15, -0.1) is 0 Å². The molecular weight excluding hydrogens is 261 g/mol. The normalized spacial score (nSPS) is 9.20. The first-order chi connectivity index (χ1) is 6.41. The van der Waals surface area contributed by atoms with Gasteiger partial charge in [0.25, 0.3) is 0 Å². The van der Waals surface area contributed by atoms with Crippen molar-refractivity contribution in [1.82, 2.24) is 0 Å². The Bertz CT molecular complexity index is 81.7. The van der Waals surface area contributed by atoms with Crippen LogP contribution >= 0.6 is 0 Å². The van der Waals surface area contributed by atoms with Crippen LogP contribution < -0.4 is 22.7 Å². The minimum atomic E-state index is 0. The second-order valence-corrected chi connectivity index (χ2v) is 4.04. The molecule has 0 rings (SSSR count). The number of hydrogen-bond acceptors (Lipinski definition) is 0. The van der Waals surface area contributed by atoms with Crippen molar-refractivity contribution < 1.29 is 22.7 Å². The predicted molar refractivity (Wildman–Crippen MR) is 65.4 cm³/mol. The third-order valence-corrected chi connectivity index (χ3v) is 2.60. The van der Waals surface area contributed by atoms with E-state index < -0.39 is 0 Å². The zero-order valence-electron chi connectivity index (χ0n) is 10.9. The van der Waals surface area contributed by atoms with E-state index in [0.29, 0.717) is 0 Å². The average molecular weight is 289 g/mol. The summed E-state index contributed by atoms with van der Waals surface area (Å²) in [6.45, 7) is 3.40. The van der Waals surface area contributed by atoms with E-state index in [-0.39, 0.29) is 46.5 Å². The van der Waals surface area contributed by atoms with Crippen LogP contribution in [0.2, 0.25) is 0 Å². The van der Waals surface area contributed by atoms with Crippen molar-refractivity contribution in [3.63, 3.8) is 0 Å². The Morgan fingerprint density at radius 3 is 1.33 bits per heavy atom. The number of hydrogen-bond donors (Lipinski definition) is 1. The maximum atomic E-state index is 3.85. The van der Waals surface area contributed by atoms with E-state index in [2.05, 4.69) is 12.7 Å². The van der Waals surface area contributed by atoms with Crippen LogP contribution in [0.15, 0.2) is 0 Å². The van der Waals surface area contributed by atoms with Crippen LogP contribution in [0.5, 0.6) is 0 Å². The molecule has 0 atom stereocenters. The summed E-state index contributed by atoms with van der Waals surface area (Å²) in [6.07, 6.45) is 14.2. The van der Waals surface area contributed by atoms with Crippen molar-refractivity contribution in [2.45, 2.75) is 71.1 Å². The zero-order chi connectivity index (χ0) is 9.78. The molecule has 0 amide bonds. The van der Waals surface area contributed by atoms with E-state index in [0.717, 1.165) is 6.54 Å². The Hall–Kier alpha value is 1.44. The van der Waals surface area contributed by atoms with Crippen LogP contribution in [0, 0.1) is 0 Å². The topological polar surface area (TPSA) is 27.6 Å². The van der Waals surface area contributed by atoms with Crippen molar-refractivity contribution in [2.75, 3.05) is 6.54 Å². The van der Waals surface area contributed by atoms with E-state index >= 15 is 0 Å². The van der Waals surface area contributed by atoms with Crippen molar-refractivity contribution in [3.05, 3.63) is 0 Å². The van der Waals surface area contributed by atoms with Gasteiger partial charge in [0.2, 0.25) is 0 Å². The fraction of sp³-hybridized carbons (Fsp3) is 1.00. The minimum Gasteiger partial charge on any atom is -1.00 e. The molecule has 0 aliphatic rings. The molecule has 0 unspecified atom stereocenters. The van der Waals surface area contributed by atoms with Crippen molar-refractivity contribution >= 4 is 29.6 Å². The first-order valence-electron chi connectivity index (χ1n) is 6.21. The van der Waals surface area contributed by atoms with Crippen LogP contribution in [0.4, 0.5) is 0 Å². The number of unbranched alkanes of at least 4 members (excludes halogenated alkanes) is 9. The Balaban J connectivity index is -0.000000720. The number of rotatable bonds is 10. The Morgan fingerprint density at radius 1 is 0.667 bits per heavy atom. The molecule has 3 heteroatoms. The minimum absolute atomic E-state index is 0. The van der Waals surface area contributed by atoms with Gasteiger partial charge in [-0.2, -0.15) is 0 Å². The molecule has 1 nitrogen and oxygen atoms in total. The van der Waals surface area contributed by atoms with Crippen LogP contribution in [0.25, 0.3) is 0 Å². The first kappa shape index (κ1) is 21.7. The molecule has 0 aliphatic carbocycles. The molecule has 0 aromatic carbocycles. The summed E-state index contributed by atoms with van der Waals surface area (Å²) < 4.78 is 0. The van der Waals surface area contributed by atoms with Gasteiger partial charge in [-0.1, -0.05) is 58.3 Å². The van der Waals surface area contributed by atoms with Crippen molar-refractivity contribution in [1.29, 1.82) is 0 Å². The van der Waals surface area contributed by atoms with Crippen molar-refractivity contribution in [2.24, 2.45) is 0 Å². The Kier molecular flexibility index (Phi) is 30.1. The summed E-state index contributed by atoms with van der Waals surface area (Å²) in [6, 6.07) is 0. The summed E-state index contributed by atoms with van der Waals surface area (Å²) >= 11 is 0. The summed E-state index contributed by atoms with van der Waals surface area (Å²) in [5, 5.41) is 0. The summed E-state index contributed by atoms with van der Waals surface area (Å²) in [4.78, 5) is 0. The molecule has 89 valence electrons. The monoisotopic (exact) mass is 288 g/mol. The van der Waals surface area contributed by atoms with E-state index in [1.807, 2.05) is 0 Å². The van der Waals surface area contributed by atoms with Crippen LogP contribution in [0.3, 0.4) is 0 Å². The molecular formula is C12H28BrNNa. The van der Waals surface area contributed by atoms with Gasteiger partial charge < -0.3 is 22.7 Å². The summed E-state index contributed by atoms with van der Waals surface area (Å²) in [5.41, 5.74) is 3.85. The summed E-state index contributed by atoms with van der Waals surface area (Å²) in [7, 11) is 0. The van der Waals surface area contributed by atoms with Gasteiger partial charge in [0.15, 0.2) is 0 Å². The Morgan fingerprint density at radius 2 is 1.00 bits per heavy atom. The fourth-order valence-electron chi connectivity index (χ4n) is 1.66. The molecule has 0 heterocycles. The van der Waals surface area contributed by atoms with Gasteiger partial charge in [0.1, 0.15) is 0 Å². The van der Waals surface area contributed by atoms with Crippen LogP contribution in [-0.2, 0) is 0 Å². The third-order valence-electron chi connectivity index (χ3n) is 2.60. The van der Waals surface area contributed by atoms with Crippen LogP contribution in [0.1, 0.15) is 71.1 Å². The number of quaternary nitrogens is 1. The molecule has 0 aromatic heterocycles. The Labute approximate surface area is 129 Å². The molecule has 0 fully saturated rings. The molecule has 0 aromatic rings. The molecule has 0 saturated carbocycles. The van der Waals surface area contributed by atoms with Crippen molar-refractivity contribution in [3.8, 4) is 0 Å². The summed E-state index contributed by atoms with van der Waals surface area (Å²) in [5.74, 6) is 0. The van der Waals surface area contributed by atoms with Gasteiger partial charge in [-0.25, -0.2) is 0 Å². The fourth-order valence-corrected chi connectivity index (χ4v) is 1.66. The van der Waals surface area contributed by atoms with Gasteiger partial charge in [0.05, 0.1) is 6.54 Å². The second-order valence-electron chi connectivity index (χ2n) is 4.04. The van der Waals surface area contributed by atoms with Crippen LogP contribution in [-0.4, -0.2) is 36.1 Å². The third kappa shape index (κ3) is 21.3. The largest absolute Gasteiger partial charge is 1.00 e. The molecule has 1 radical (unpaired) electrons. The van der Waals surface area contributed by atoms with Gasteiger partial charge in [-0.3, -0.25) is 0 Å². The first-order valence-corrected chi connectivity index (χ1v) is 6.21. The van der Waals surface area contributed by atoms with E-state index in [1.54, 1.807) is 0 Å². The molecule has 0 spiro atoms. The zero-order valence-corrected chi connectivity index (χ0v) is 14.4. The second kappa shape index (κ2) is 20.8. The van der Waals surface area contributed by atoms with E-state index in [1.165, 1.54) is 64.2 Å². The van der Waals surface area contributed by atoms with Gasteiger partial charge in [0, 0.05) is 29.6 Å². The SMILES string of the molecule is CCCCCCCCCCCC[NH3+].[Br-].[Na]. The number of halogens is 1. The molecule has 0 saturated heterocycles. The maximum Gasteiger partial charge on any atom is 0.0739 e. The van der Waals surface area contributed by atoms with E-state index in [4.69, 9.17) is 0 Å². The predicted octanol–water partition coefficient (Wildman–Crippen LogP) is -0.228. The smallest absolute Gasteiger partial charge is 0.0739 e. The molecule has 0 bridgehead atoms. The quantitative estimate of drug-likeness (QED) is 0.425. The maximum absolute atomic E-state index is 3.85.